The predicted octanol–water partition coefficient (Wildman–Crippen LogP) is 1.76. The first-order valence-corrected chi connectivity index (χ1v) is 8.51. The quantitative estimate of drug-likeness (QED) is 0.890. The Morgan fingerprint density at radius 3 is 2.76 bits per heavy atom. The molecule has 1 N–H and O–H groups in total. The second-order valence-electron chi connectivity index (χ2n) is 6.43. The molecule has 0 unspecified atom stereocenters. The Hall–Kier alpha value is -2.25. The molecule has 0 aliphatic carbocycles. The zero-order valence-corrected chi connectivity index (χ0v) is 14.9. The van der Waals surface area contributed by atoms with Crippen LogP contribution >= 0.6 is 0 Å². The topological polar surface area (TPSA) is 80.5 Å². The molecule has 1 amide bonds. The van der Waals surface area contributed by atoms with Crippen molar-refractivity contribution < 1.29 is 14.1 Å². The summed E-state index contributed by atoms with van der Waals surface area (Å²) in [5.74, 6) is 1.04. The number of carbonyl (C=O) groups is 1. The van der Waals surface area contributed by atoms with E-state index in [0.29, 0.717) is 31.4 Å². The monoisotopic (exact) mass is 344 g/mol. The van der Waals surface area contributed by atoms with Crippen molar-refractivity contribution in [2.75, 3.05) is 19.7 Å². The van der Waals surface area contributed by atoms with Crippen LogP contribution in [0.2, 0.25) is 0 Å². The van der Waals surface area contributed by atoms with Gasteiger partial charge in [-0.15, -0.1) is 0 Å². The number of benzene rings is 1. The lowest BCUT2D eigenvalue weighted by Crippen LogP contribution is -2.48. The molecule has 7 nitrogen and oxygen atoms in total. The number of nitrogens with zero attached hydrogens (tertiary/aromatic N) is 3. The summed E-state index contributed by atoms with van der Waals surface area (Å²) >= 11 is 0. The van der Waals surface area contributed by atoms with Gasteiger partial charge in [0.1, 0.15) is 6.04 Å². The second-order valence-corrected chi connectivity index (χ2v) is 6.43. The predicted molar refractivity (Wildman–Crippen MR) is 91.8 cm³/mol. The lowest BCUT2D eigenvalue weighted by Gasteiger charge is -2.37. The fourth-order valence-corrected chi connectivity index (χ4v) is 3.00. The Morgan fingerprint density at radius 1 is 1.32 bits per heavy atom. The Kier molecular flexibility index (Phi) is 5.45. The first-order valence-electron chi connectivity index (χ1n) is 8.51. The molecule has 134 valence electrons. The highest BCUT2D eigenvalue weighted by atomic mass is 16.5. The average Bonchev–Trinajstić information content (AvgIpc) is 3.00. The maximum absolute atomic E-state index is 12.4. The molecule has 2 heterocycles. The van der Waals surface area contributed by atoms with E-state index >= 15 is 0 Å². The van der Waals surface area contributed by atoms with Crippen LogP contribution in [0.25, 0.3) is 0 Å². The van der Waals surface area contributed by atoms with Crippen LogP contribution in [0.4, 0.5) is 0 Å². The first kappa shape index (κ1) is 17.6. The van der Waals surface area contributed by atoms with Gasteiger partial charge in [-0.3, -0.25) is 9.69 Å². The number of hydrogen-bond donors (Lipinski definition) is 1. The number of aromatic nitrogens is 2. The normalized spacial score (nSPS) is 21.2. The summed E-state index contributed by atoms with van der Waals surface area (Å²) in [6, 6.07) is 7.92. The summed E-state index contributed by atoms with van der Waals surface area (Å²) in [6.07, 6.45) is -0.113. The summed E-state index contributed by atoms with van der Waals surface area (Å²) in [6.45, 7) is 7.79. The van der Waals surface area contributed by atoms with Gasteiger partial charge in [0.15, 0.2) is 5.82 Å². The van der Waals surface area contributed by atoms with Crippen LogP contribution in [0.15, 0.2) is 28.8 Å². The number of ether oxygens (including phenoxy) is 1. The molecule has 0 bridgehead atoms. The molecule has 1 aliphatic heterocycles. The molecule has 1 aromatic carbocycles. The lowest BCUT2D eigenvalue weighted by molar-refractivity contribution is -0.128. The van der Waals surface area contributed by atoms with Gasteiger partial charge >= 0.3 is 0 Å². The number of aryl methyl sites for hydroxylation is 2. The molecule has 1 aromatic heterocycles. The average molecular weight is 344 g/mol. The van der Waals surface area contributed by atoms with Crippen LogP contribution in [-0.4, -0.2) is 46.7 Å². The molecule has 0 saturated carbocycles. The summed E-state index contributed by atoms with van der Waals surface area (Å²) in [7, 11) is 0. The summed E-state index contributed by atoms with van der Waals surface area (Å²) in [4.78, 5) is 18.7. The van der Waals surface area contributed by atoms with Crippen LogP contribution < -0.4 is 5.32 Å². The maximum Gasteiger partial charge on any atom is 0.246 e. The van der Waals surface area contributed by atoms with Crippen molar-refractivity contribution in [1.82, 2.24) is 20.4 Å². The van der Waals surface area contributed by atoms with E-state index in [2.05, 4.69) is 15.5 Å². The molecular weight excluding hydrogens is 320 g/mol. The highest BCUT2D eigenvalue weighted by Crippen LogP contribution is 2.27. The van der Waals surface area contributed by atoms with E-state index in [1.54, 1.807) is 6.92 Å². The van der Waals surface area contributed by atoms with Gasteiger partial charge < -0.3 is 14.6 Å². The third kappa shape index (κ3) is 4.43. The number of hydrogen-bond acceptors (Lipinski definition) is 6. The summed E-state index contributed by atoms with van der Waals surface area (Å²) < 4.78 is 11.0. The number of nitrogens with one attached hydrogen (secondary N) is 1. The molecule has 2 atom stereocenters. The Balaban J connectivity index is 1.61. The third-order valence-electron chi connectivity index (χ3n) is 4.35. The highest BCUT2D eigenvalue weighted by molar-refractivity contribution is 5.78. The van der Waals surface area contributed by atoms with Crippen LogP contribution in [-0.2, 0) is 16.1 Å². The molecule has 1 fully saturated rings. The van der Waals surface area contributed by atoms with E-state index in [-0.39, 0.29) is 24.6 Å². The molecule has 25 heavy (non-hydrogen) atoms. The van der Waals surface area contributed by atoms with E-state index in [4.69, 9.17) is 9.26 Å². The van der Waals surface area contributed by atoms with E-state index in [1.165, 1.54) is 5.56 Å². The zero-order valence-electron chi connectivity index (χ0n) is 14.9. The Morgan fingerprint density at radius 2 is 2.08 bits per heavy atom. The van der Waals surface area contributed by atoms with Gasteiger partial charge in [0.2, 0.25) is 11.8 Å². The Labute approximate surface area is 147 Å². The van der Waals surface area contributed by atoms with Gasteiger partial charge in [-0.2, -0.15) is 4.98 Å². The molecule has 1 saturated heterocycles. The molecule has 0 spiro atoms. The van der Waals surface area contributed by atoms with Gasteiger partial charge in [-0.25, -0.2) is 0 Å². The molecule has 3 rings (SSSR count). The van der Waals surface area contributed by atoms with E-state index < -0.39 is 0 Å². The van der Waals surface area contributed by atoms with Crippen molar-refractivity contribution >= 4 is 5.91 Å². The fraction of sp³-hybridized carbons (Fsp3) is 0.500. The van der Waals surface area contributed by atoms with Crippen molar-refractivity contribution in [2.45, 2.75) is 39.5 Å². The lowest BCUT2D eigenvalue weighted by atomic mass is 10.1. The number of carbonyl (C=O) groups excluding carboxylic acids is 1. The van der Waals surface area contributed by atoms with Gasteiger partial charge in [-0.1, -0.05) is 35.0 Å². The standard InChI is InChI=1S/C18H24N4O3/c1-12-4-6-15(7-5-12)10-19-16(23)11-22-8-9-24-13(2)17(22)18-20-14(3)21-25-18/h4-7,13,17H,8-11H2,1-3H3,(H,19,23)/t13-,17+/m1/s1. The van der Waals surface area contributed by atoms with Gasteiger partial charge in [-0.05, 0) is 26.3 Å². The SMILES string of the molecule is Cc1ccc(CNC(=O)CN2CCO[C@H](C)[C@H]2c2nc(C)no2)cc1. The van der Waals surface area contributed by atoms with Crippen molar-refractivity contribution in [3.05, 3.63) is 47.1 Å². The van der Waals surface area contributed by atoms with Crippen LogP contribution in [0.5, 0.6) is 0 Å². The minimum Gasteiger partial charge on any atom is -0.375 e. The van der Waals surface area contributed by atoms with E-state index in [9.17, 15) is 4.79 Å². The number of morpholine rings is 1. The van der Waals surface area contributed by atoms with E-state index in [1.807, 2.05) is 43.0 Å². The molecule has 0 radical (unpaired) electrons. The van der Waals surface area contributed by atoms with Gasteiger partial charge in [0.25, 0.3) is 0 Å². The van der Waals surface area contributed by atoms with Crippen molar-refractivity contribution in [2.24, 2.45) is 0 Å². The number of amides is 1. The van der Waals surface area contributed by atoms with Crippen molar-refractivity contribution in [3.8, 4) is 0 Å². The second kappa shape index (κ2) is 7.76. The number of rotatable bonds is 5. The summed E-state index contributed by atoms with van der Waals surface area (Å²) in [5.41, 5.74) is 2.29. The fourth-order valence-electron chi connectivity index (χ4n) is 3.00. The van der Waals surface area contributed by atoms with E-state index in [0.717, 1.165) is 5.56 Å². The summed E-state index contributed by atoms with van der Waals surface area (Å²) in [5, 5.41) is 6.82. The smallest absolute Gasteiger partial charge is 0.246 e. The van der Waals surface area contributed by atoms with Crippen molar-refractivity contribution in [1.29, 1.82) is 0 Å². The van der Waals surface area contributed by atoms with Crippen LogP contribution in [0.3, 0.4) is 0 Å². The molecule has 7 heteroatoms. The largest absolute Gasteiger partial charge is 0.375 e. The van der Waals surface area contributed by atoms with Gasteiger partial charge in [0, 0.05) is 13.1 Å². The van der Waals surface area contributed by atoms with Crippen LogP contribution in [0, 0.1) is 13.8 Å². The van der Waals surface area contributed by atoms with Crippen LogP contribution in [0.1, 0.15) is 35.8 Å². The molecular formula is C18H24N4O3. The first-order chi connectivity index (χ1) is 12.0. The zero-order chi connectivity index (χ0) is 17.8. The Bertz CT molecular complexity index is 713. The molecule has 2 aromatic rings. The minimum absolute atomic E-state index is 0.0316. The van der Waals surface area contributed by atoms with Crippen molar-refractivity contribution in [3.63, 3.8) is 0 Å². The molecule has 1 aliphatic rings. The minimum atomic E-state index is -0.208. The van der Waals surface area contributed by atoms with Gasteiger partial charge in [0.05, 0.1) is 19.3 Å². The highest BCUT2D eigenvalue weighted by Gasteiger charge is 2.35. The third-order valence-corrected chi connectivity index (χ3v) is 4.35. The maximum atomic E-state index is 12.4.